The van der Waals surface area contributed by atoms with E-state index in [0.29, 0.717) is 12.1 Å². The summed E-state index contributed by atoms with van der Waals surface area (Å²) in [5, 5.41) is 20.3. The molecule has 106 valence electrons. The molecule has 0 aromatic heterocycles. The molecule has 0 saturated heterocycles. The molecule has 0 aliphatic carbocycles. The summed E-state index contributed by atoms with van der Waals surface area (Å²) in [7, 11) is 0. The number of benzene rings is 1. The van der Waals surface area contributed by atoms with Crippen molar-refractivity contribution in [2.24, 2.45) is 5.92 Å². The molecule has 0 radical (unpaired) electrons. The summed E-state index contributed by atoms with van der Waals surface area (Å²) in [6.07, 6.45) is 0. The maximum absolute atomic E-state index is 13.5. The van der Waals surface area contributed by atoms with E-state index in [2.05, 4.69) is 0 Å². The van der Waals surface area contributed by atoms with Gasteiger partial charge in [0.05, 0.1) is 16.6 Å². The van der Waals surface area contributed by atoms with Crippen LogP contribution in [0.1, 0.15) is 20.8 Å². The molecule has 0 aliphatic heterocycles. The molecule has 7 heteroatoms. The number of ether oxygens (including phenoxy) is 1. The van der Waals surface area contributed by atoms with Gasteiger partial charge < -0.3 is 9.84 Å². The zero-order chi connectivity index (χ0) is 14.8. The molecule has 0 aliphatic rings. The molecule has 1 unspecified atom stereocenters. The van der Waals surface area contributed by atoms with Crippen LogP contribution in [-0.4, -0.2) is 22.2 Å². The molecule has 0 bridgehead atoms. The van der Waals surface area contributed by atoms with E-state index in [1.54, 1.807) is 13.8 Å². The largest absolute Gasteiger partial charge is 0.487 e. The standard InChI is InChI=1S/C12H15F2NO4/c1-7(2)12(3,16)6-19-11-5-8(13)10(15(17)18)4-9(11)14/h4-5,7,16H,6H2,1-3H3. The fourth-order valence-electron chi connectivity index (χ4n) is 1.16. The van der Waals surface area contributed by atoms with Crippen molar-refractivity contribution in [2.45, 2.75) is 26.4 Å². The molecule has 1 aromatic carbocycles. The Labute approximate surface area is 109 Å². The Bertz CT molecular complexity index is 489. The highest BCUT2D eigenvalue weighted by molar-refractivity contribution is 5.39. The summed E-state index contributed by atoms with van der Waals surface area (Å²) in [6.45, 7) is 4.74. The van der Waals surface area contributed by atoms with Crippen molar-refractivity contribution in [3.63, 3.8) is 0 Å². The number of rotatable bonds is 5. The van der Waals surface area contributed by atoms with E-state index < -0.39 is 33.6 Å². The van der Waals surface area contributed by atoms with Gasteiger partial charge in [0.2, 0.25) is 5.82 Å². The maximum Gasteiger partial charge on any atom is 0.307 e. The lowest BCUT2D eigenvalue weighted by Gasteiger charge is -2.27. The van der Waals surface area contributed by atoms with Crippen molar-refractivity contribution in [1.29, 1.82) is 0 Å². The van der Waals surface area contributed by atoms with E-state index in [1.807, 2.05) is 0 Å². The molecule has 5 nitrogen and oxygen atoms in total. The SMILES string of the molecule is CC(C)C(C)(O)COc1cc(F)c([N+](=O)[O-])cc1F. The molecule has 1 atom stereocenters. The molecular formula is C12H15F2NO4. The average Bonchev–Trinajstić information content (AvgIpc) is 2.29. The summed E-state index contributed by atoms with van der Waals surface area (Å²) in [6, 6.07) is 1.05. The zero-order valence-electron chi connectivity index (χ0n) is 10.8. The third-order valence-electron chi connectivity index (χ3n) is 2.96. The van der Waals surface area contributed by atoms with E-state index in [-0.39, 0.29) is 12.5 Å². The van der Waals surface area contributed by atoms with Crippen LogP contribution >= 0.6 is 0 Å². The first-order valence-electron chi connectivity index (χ1n) is 5.63. The highest BCUT2D eigenvalue weighted by Crippen LogP contribution is 2.27. The summed E-state index contributed by atoms with van der Waals surface area (Å²) >= 11 is 0. The number of hydrogen-bond donors (Lipinski definition) is 1. The quantitative estimate of drug-likeness (QED) is 0.662. The van der Waals surface area contributed by atoms with Crippen molar-refractivity contribution < 1.29 is 23.5 Å². The van der Waals surface area contributed by atoms with Crippen LogP contribution in [0.2, 0.25) is 0 Å². The van der Waals surface area contributed by atoms with E-state index in [0.717, 1.165) is 0 Å². The second kappa shape index (κ2) is 5.48. The Hall–Kier alpha value is -1.76. The molecule has 0 heterocycles. The maximum atomic E-state index is 13.5. The van der Waals surface area contributed by atoms with Crippen LogP contribution < -0.4 is 4.74 Å². The highest BCUT2D eigenvalue weighted by Gasteiger charge is 2.27. The molecule has 1 aromatic rings. The molecule has 0 spiro atoms. The number of hydrogen-bond acceptors (Lipinski definition) is 4. The van der Waals surface area contributed by atoms with Gasteiger partial charge in [-0.2, -0.15) is 4.39 Å². The van der Waals surface area contributed by atoms with Gasteiger partial charge in [0.15, 0.2) is 11.6 Å². The lowest BCUT2D eigenvalue weighted by Crippen LogP contribution is -2.38. The Morgan fingerprint density at radius 1 is 1.42 bits per heavy atom. The van der Waals surface area contributed by atoms with Crippen molar-refractivity contribution in [3.05, 3.63) is 33.9 Å². The van der Waals surface area contributed by atoms with Gasteiger partial charge in [-0.15, -0.1) is 0 Å². The van der Waals surface area contributed by atoms with Crippen LogP contribution in [0.15, 0.2) is 12.1 Å². The molecule has 0 fully saturated rings. The lowest BCUT2D eigenvalue weighted by atomic mass is 9.94. The smallest absolute Gasteiger partial charge is 0.307 e. The summed E-state index contributed by atoms with van der Waals surface area (Å²) in [5.74, 6) is -2.86. The molecule has 1 rings (SSSR count). The first-order valence-corrected chi connectivity index (χ1v) is 5.63. The van der Waals surface area contributed by atoms with Crippen molar-refractivity contribution in [3.8, 4) is 5.75 Å². The van der Waals surface area contributed by atoms with Crippen LogP contribution in [0.3, 0.4) is 0 Å². The van der Waals surface area contributed by atoms with Gasteiger partial charge in [-0.3, -0.25) is 10.1 Å². The minimum Gasteiger partial charge on any atom is -0.487 e. The predicted octanol–water partition coefficient (Wildman–Crippen LogP) is 2.66. The van der Waals surface area contributed by atoms with E-state index in [9.17, 15) is 24.0 Å². The summed E-state index contributed by atoms with van der Waals surface area (Å²) in [4.78, 5) is 9.39. The lowest BCUT2D eigenvalue weighted by molar-refractivity contribution is -0.387. The zero-order valence-corrected chi connectivity index (χ0v) is 10.8. The third-order valence-corrected chi connectivity index (χ3v) is 2.96. The van der Waals surface area contributed by atoms with E-state index in [1.165, 1.54) is 6.92 Å². The van der Waals surface area contributed by atoms with Crippen LogP contribution in [0.5, 0.6) is 5.75 Å². The van der Waals surface area contributed by atoms with Crippen molar-refractivity contribution >= 4 is 5.69 Å². The van der Waals surface area contributed by atoms with Gasteiger partial charge >= 0.3 is 5.69 Å². The molecule has 0 amide bonds. The minimum atomic E-state index is -1.22. The first kappa shape index (κ1) is 15.3. The van der Waals surface area contributed by atoms with Crippen molar-refractivity contribution in [1.82, 2.24) is 0 Å². The van der Waals surface area contributed by atoms with Crippen LogP contribution in [0.25, 0.3) is 0 Å². The highest BCUT2D eigenvalue weighted by atomic mass is 19.1. The number of aliphatic hydroxyl groups is 1. The summed E-state index contributed by atoms with van der Waals surface area (Å²) < 4.78 is 31.8. The second-order valence-electron chi connectivity index (χ2n) is 4.79. The number of nitro benzene ring substituents is 1. The molecule has 19 heavy (non-hydrogen) atoms. The van der Waals surface area contributed by atoms with Crippen LogP contribution in [0, 0.1) is 27.7 Å². The second-order valence-corrected chi connectivity index (χ2v) is 4.79. The predicted molar refractivity (Wildman–Crippen MR) is 64.0 cm³/mol. The van der Waals surface area contributed by atoms with Crippen LogP contribution in [0.4, 0.5) is 14.5 Å². The fourth-order valence-corrected chi connectivity index (χ4v) is 1.16. The topological polar surface area (TPSA) is 72.6 Å². The first-order chi connectivity index (χ1) is 8.65. The fraction of sp³-hybridized carbons (Fsp3) is 0.500. The van der Waals surface area contributed by atoms with Gasteiger partial charge in [-0.1, -0.05) is 13.8 Å². The van der Waals surface area contributed by atoms with Gasteiger partial charge in [0, 0.05) is 6.07 Å². The van der Waals surface area contributed by atoms with Crippen LogP contribution in [-0.2, 0) is 0 Å². The number of halogens is 2. The summed E-state index contributed by atoms with van der Waals surface area (Å²) in [5.41, 5.74) is -2.18. The van der Waals surface area contributed by atoms with Gasteiger partial charge in [-0.25, -0.2) is 4.39 Å². The molecule has 1 N–H and O–H groups in total. The van der Waals surface area contributed by atoms with Crippen molar-refractivity contribution in [2.75, 3.05) is 6.61 Å². The number of nitrogens with zero attached hydrogens (tertiary/aromatic N) is 1. The Morgan fingerprint density at radius 2 is 2.00 bits per heavy atom. The molecule has 0 saturated carbocycles. The third kappa shape index (κ3) is 3.60. The monoisotopic (exact) mass is 275 g/mol. The minimum absolute atomic E-state index is 0.154. The normalized spacial score (nSPS) is 14.3. The Balaban J connectivity index is 2.92. The van der Waals surface area contributed by atoms with Gasteiger partial charge in [0.1, 0.15) is 6.61 Å². The number of nitro groups is 1. The molecular weight excluding hydrogens is 260 g/mol. The average molecular weight is 275 g/mol. The van der Waals surface area contributed by atoms with E-state index >= 15 is 0 Å². The Morgan fingerprint density at radius 3 is 2.47 bits per heavy atom. The van der Waals surface area contributed by atoms with Gasteiger partial charge in [0.25, 0.3) is 0 Å². The van der Waals surface area contributed by atoms with Gasteiger partial charge in [-0.05, 0) is 12.8 Å². The van der Waals surface area contributed by atoms with E-state index in [4.69, 9.17) is 4.74 Å². The Kier molecular flexibility index (Phi) is 4.41.